The van der Waals surface area contributed by atoms with Gasteiger partial charge in [-0.3, -0.25) is 4.79 Å². The normalized spacial score (nSPS) is 12.5. The Morgan fingerprint density at radius 3 is 2.37 bits per heavy atom. The van der Waals surface area contributed by atoms with Gasteiger partial charge in [0.2, 0.25) is 17.6 Å². The largest absolute Gasteiger partial charge is 0.349 e. The van der Waals surface area contributed by atoms with Crippen molar-refractivity contribution in [3.05, 3.63) is 72.1 Å². The minimum absolute atomic E-state index is 0.0437. The second-order valence-corrected chi connectivity index (χ2v) is 8.17. The Morgan fingerprint density at radius 2 is 1.70 bits per heavy atom. The molecule has 0 bridgehead atoms. The van der Waals surface area contributed by atoms with E-state index >= 15 is 0 Å². The van der Waals surface area contributed by atoms with Crippen LogP contribution in [-0.4, -0.2) is 30.2 Å². The fourth-order valence-corrected chi connectivity index (χ4v) is 3.64. The predicted octanol–water partition coefficient (Wildman–Crippen LogP) is 2.53. The van der Waals surface area contributed by atoms with Crippen LogP contribution in [0.15, 0.2) is 65.2 Å². The average molecular weight is 385 g/mol. The van der Waals surface area contributed by atoms with Gasteiger partial charge in [-0.2, -0.15) is 4.98 Å². The zero-order chi connectivity index (χ0) is 19.3. The first-order valence-corrected chi connectivity index (χ1v) is 10.2. The quantitative estimate of drug-likeness (QED) is 0.670. The molecule has 1 amide bonds. The Morgan fingerprint density at radius 1 is 1.07 bits per heavy atom. The highest BCUT2D eigenvalue weighted by atomic mass is 32.2. The van der Waals surface area contributed by atoms with E-state index in [2.05, 4.69) is 15.5 Å². The molecule has 0 saturated heterocycles. The molecule has 1 N–H and O–H groups in total. The van der Waals surface area contributed by atoms with Crippen molar-refractivity contribution in [2.24, 2.45) is 0 Å². The van der Waals surface area contributed by atoms with Gasteiger partial charge in [-0.25, -0.2) is 8.42 Å². The lowest BCUT2D eigenvalue weighted by atomic mass is 10.1. The summed E-state index contributed by atoms with van der Waals surface area (Å²) in [5, 5.41) is 6.47. The summed E-state index contributed by atoms with van der Waals surface area (Å²) in [6.45, 7) is 1.80. The third-order valence-electron chi connectivity index (χ3n) is 3.87. The van der Waals surface area contributed by atoms with E-state index in [1.165, 1.54) is 0 Å². The molecular formula is C19H19N3O4S. The van der Waals surface area contributed by atoms with Crippen molar-refractivity contribution in [2.75, 3.05) is 5.75 Å². The maximum Gasteiger partial charge on any atom is 0.242 e. The van der Waals surface area contributed by atoms with Crippen LogP contribution >= 0.6 is 0 Å². The van der Waals surface area contributed by atoms with E-state index in [0.717, 1.165) is 11.1 Å². The molecule has 0 saturated carbocycles. The first-order valence-electron chi connectivity index (χ1n) is 8.36. The Bertz CT molecular complexity index is 1000. The molecule has 2 aromatic carbocycles. The van der Waals surface area contributed by atoms with E-state index in [1.807, 2.05) is 48.5 Å². The maximum absolute atomic E-state index is 12.3. The number of carbonyl (C=O) groups is 1. The number of amides is 1. The van der Waals surface area contributed by atoms with E-state index in [9.17, 15) is 13.2 Å². The Kier molecular flexibility index (Phi) is 5.66. The second kappa shape index (κ2) is 8.13. The molecule has 7 nitrogen and oxygen atoms in total. The van der Waals surface area contributed by atoms with Gasteiger partial charge in [0.05, 0.1) is 6.04 Å². The molecule has 27 heavy (non-hydrogen) atoms. The molecule has 3 aromatic rings. The fourth-order valence-electron chi connectivity index (χ4n) is 2.57. The molecule has 1 aromatic heterocycles. The van der Waals surface area contributed by atoms with Crippen molar-refractivity contribution in [1.82, 2.24) is 15.5 Å². The summed E-state index contributed by atoms with van der Waals surface area (Å²) in [5.41, 5.74) is 1.62. The van der Waals surface area contributed by atoms with Crippen LogP contribution in [0.4, 0.5) is 0 Å². The van der Waals surface area contributed by atoms with Crippen LogP contribution in [0.5, 0.6) is 0 Å². The van der Waals surface area contributed by atoms with Crippen molar-refractivity contribution in [2.45, 2.75) is 18.7 Å². The number of rotatable bonds is 7. The van der Waals surface area contributed by atoms with Gasteiger partial charge in [0.15, 0.2) is 9.84 Å². The van der Waals surface area contributed by atoms with Crippen LogP contribution in [0, 0.1) is 0 Å². The number of nitrogens with zero attached hydrogens (tertiary/aromatic N) is 2. The van der Waals surface area contributed by atoms with Crippen LogP contribution in [0.25, 0.3) is 11.4 Å². The topological polar surface area (TPSA) is 102 Å². The van der Waals surface area contributed by atoms with E-state index < -0.39 is 27.3 Å². The summed E-state index contributed by atoms with van der Waals surface area (Å²) in [7, 11) is -3.74. The Hall–Kier alpha value is -3.00. The zero-order valence-corrected chi connectivity index (χ0v) is 15.5. The van der Waals surface area contributed by atoms with Gasteiger partial charge in [-0.15, -0.1) is 0 Å². The number of carbonyl (C=O) groups excluding carboxylic acids is 1. The van der Waals surface area contributed by atoms with Crippen molar-refractivity contribution in [3.63, 3.8) is 0 Å². The minimum atomic E-state index is -3.74. The summed E-state index contributed by atoms with van der Waals surface area (Å²) in [6.07, 6.45) is 0. The van der Waals surface area contributed by atoms with Gasteiger partial charge in [-0.1, -0.05) is 65.8 Å². The van der Waals surface area contributed by atoms with Crippen molar-refractivity contribution in [3.8, 4) is 11.4 Å². The molecule has 0 radical (unpaired) electrons. The van der Waals surface area contributed by atoms with Gasteiger partial charge in [-0.05, 0) is 12.5 Å². The smallest absolute Gasteiger partial charge is 0.242 e. The number of sulfone groups is 1. The summed E-state index contributed by atoms with van der Waals surface area (Å²) in [4.78, 5) is 16.2. The molecule has 1 atom stereocenters. The van der Waals surface area contributed by atoms with Gasteiger partial charge < -0.3 is 9.84 Å². The number of nitrogens with one attached hydrogen (secondary N) is 1. The van der Waals surface area contributed by atoms with E-state index in [4.69, 9.17) is 4.52 Å². The van der Waals surface area contributed by atoms with Gasteiger partial charge in [0.25, 0.3) is 0 Å². The first-order chi connectivity index (χ1) is 12.9. The highest BCUT2D eigenvalue weighted by molar-refractivity contribution is 7.91. The second-order valence-electron chi connectivity index (χ2n) is 6.11. The lowest BCUT2D eigenvalue weighted by molar-refractivity contribution is -0.119. The molecule has 3 rings (SSSR count). The summed E-state index contributed by atoms with van der Waals surface area (Å²) in [5.74, 6) is -1.44. The van der Waals surface area contributed by atoms with E-state index in [0.29, 0.717) is 5.82 Å². The Balaban J connectivity index is 1.60. The van der Waals surface area contributed by atoms with Crippen LogP contribution < -0.4 is 5.32 Å². The third-order valence-corrected chi connectivity index (χ3v) is 5.26. The molecule has 0 aliphatic rings. The number of hydrogen-bond donors (Lipinski definition) is 1. The number of aromatic nitrogens is 2. The van der Waals surface area contributed by atoms with Crippen molar-refractivity contribution >= 4 is 15.7 Å². The lowest BCUT2D eigenvalue weighted by Crippen LogP contribution is -2.32. The first kappa shape index (κ1) is 18.8. The zero-order valence-electron chi connectivity index (χ0n) is 14.7. The third kappa shape index (κ3) is 5.24. The maximum atomic E-state index is 12.3. The van der Waals surface area contributed by atoms with Crippen molar-refractivity contribution < 1.29 is 17.7 Å². The molecule has 0 aliphatic carbocycles. The summed E-state index contributed by atoms with van der Waals surface area (Å²) in [6, 6.07) is 18.1. The highest BCUT2D eigenvalue weighted by Crippen LogP contribution is 2.16. The fraction of sp³-hybridized carbons (Fsp3) is 0.211. The van der Waals surface area contributed by atoms with Crippen molar-refractivity contribution in [1.29, 1.82) is 0 Å². The van der Waals surface area contributed by atoms with Gasteiger partial charge in [0.1, 0.15) is 11.5 Å². The minimum Gasteiger partial charge on any atom is -0.349 e. The lowest BCUT2D eigenvalue weighted by Gasteiger charge is -2.14. The number of benzene rings is 2. The standard InChI is InChI=1S/C19H19N3O4S/c1-14(15-8-4-2-5-9-15)20-17(23)12-27(24,25)13-18-21-19(22-26-18)16-10-6-3-7-11-16/h2-11,14H,12-13H2,1H3,(H,20,23)/t14-/m0/s1. The van der Waals surface area contributed by atoms with Crippen LogP contribution in [0.1, 0.15) is 24.4 Å². The summed E-state index contributed by atoms with van der Waals surface area (Å²) < 4.78 is 29.6. The molecule has 0 aliphatic heterocycles. The monoisotopic (exact) mass is 385 g/mol. The predicted molar refractivity (Wildman–Crippen MR) is 100 cm³/mol. The van der Waals surface area contributed by atoms with Gasteiger partial charge in [0, 0.05) is 5.56 Å². The molecular weight excluding hydrogens is 366 g/mol. The Labute approximate surface area is 157 Å². The molecule has 8 heteroatoms. The molecule has 0 unspecified atom stereocenters. The van der Waals surface area contributed by atoms with E-state index in [1.54, 1.807) is 19.1 Å². The van der Waals surface area contributed by atoms with E-state index in [-0.39, 0.29) is 11.9 Å². The number of hydrogen-bond acceptors (Lipinski definition) is 6. The average Bonchev–Trinajstić information content (AvgIpc) is 3.10. The molecule has 1 heterocycles. The molecule has 0 fully saturated rings. The summed E-state index contributed by atoms with van der Waals surface area (Å²) >= 11 is 0. The van der Waals surface area contributed by atoms with Gasteiger partial charge >= 0.3 is 0 Å². The van der Waals surface area contributed by atoms with Crippen LogP contribution in [0.3, 0.4) is 0 Å². The molecule has 0 spiro atoms. The highest BCUT2D eigenvalue weighted by Gasteiger charge is 2.22. The SMILES string of the molecule is C[C@H](NC(=O)CS(=O)(=O)Cc1nc(-c2ccccc2)no1)c1ccccc1. The van der Waals surface area contributed by atoms with Crippen LogP contribution in [0.2, 0.25) is 0 Å². The van der Waals surface area contributed by atoms with Crippen LogP contribution in [-0.2, 0) is 20.4 Å². The molecule has 140 valence electrons.